The predicted molar refractivity (Wildman–Crippen MR) is 74.3 cm³/mol. The molecular formula is C14H9ClFNO4. The van der Waals surface area contributed by atoms with E-state index in [9.17, 15) is 19.3 Å². The summed E-state index contributed by atoms with van der Waals surface area (Å²) in [5.41, 5.74) is -0.0305. The fourth-order valence-corrected chi connectivity index (χ4v) is 1.71. The maximum atomic E-state index is 13.2. The molecule has 0 radical (unpaired) electrons. The smallest absolute Gasteiger partial charge is 0.270 e. The summed E-state index contributed by atoms with van der Waals surface area (Å²) >= 11 is 5.52. The van der Waals surface area contributed by atoms with Crippen LogP contribution in [-0.2, 0) is 0 Å². The van der Waals surface area contributed by atoms with Crippen LogP contribution >= 0.6 is 11.6 Å². The molecule has 0 aliphatic carbocycles. The molecule has 0 fully saturated rings. The molecular weight excluding hydrogens is 301 g/mol. The third-order valence-corrected chi connectivity index (χ3v) is 2.95. The summed E-state index contributed by atoms with van der Waals surface area (Å²) in [7, 11) is 0. The first kappa shape index (κ1) is 14.9. The highest BCUT2D eigenvalue weighted by atomic mass is 35.5. The van der Waals surface area contributed by atoms with E-state index < -0.39 is 16.5 Å². The summed E-state index contributed by atoms with van der Waals surface area (Å²) in [6.07, 6.45) is 0. The van der Waals surface area contributed by atoms with Crippen LogP contribution in [0.2, 0.25) is 5.02 Å². The maximum absolute atomic E-state index is 13.2. The molecule has 0 aromatic heterocycles. The van der Waals surface area contributed by atoms with Crippen LogP contribution in [0.5, 0.6) is 5.75 Å². The monoisotopic (exact) mass is 309 g/mol. The van der Waals surface area contributed by atoms with E-state index in [-0.39, 0.29) is 28.6 Å². The Hall–Kier alpha value is -2.47. The van der Waals surface area contributed by atoms with Gasteiger partial charge in [-0.05, 0) is 12.1 Å². The van der Waals surface area contributed by atoms with Crippen molar-refractivity contribution in [3.8, 4) is 5.75 Å². The highest BCUT2D eigenvalue weighted by Crippen LogP contribution is 2.20. The van der Waals surface area contributed by atoms with E-state index in [2.05, 4.69) is 0 Å². The zero-order chi connectivity index (χ0) is 15.4. The molecule has 0 atom stereocenters. The van der Waals surface area contributed by atoms with E-state index >= 15 is 0 Å². The van der Waals surface area contributed by atoms with Gasteiger partial charge in [0.2, 0.25) is 0 Å². The van der Waals surface area contributed by atoms with E-state index in [1.165, 1.54) is 30.3 Å². The van der Waals surface area contributed by atoms with Crippen LogP contribution < -0.4 is 4.74 Å². The third kappa shape index (κ3) is 3.76. The van der Waals surface area contributed by atoms with Gasteiger partial charge in [0.1, 0.15) is 11.6 Å². The Kier molecular flexibility index (Phi) is 4.49. The van der Waals surface area contributed by atoms with Crippen molar-refractivity contribution in [3.05, 3.63) is 69.0 Å². The average Bonchev–Trinajstić information content (AvgIpc) is 2.48. The lowest BCUT2D eigenvalue weighted by atomic mass is 10.1. The largest absolute Gasteiger partial charge is 0.485 e. The van der Waals surface area contributed by atoms with Crippen LogP contribution in [0, 0.1) is 15.9 Å². The molecule has 0 heterocycles. The molecule has 5 nitrogen and oxygen atoms in total. The van der Waals surface area contributed by atoms with Crippen molar-refractivity contribution >= 4 is 23.1 Å². The molecule has 21 heavy (non-hydrogen) atoms. The molecule has 0 aliphatic rings. The minimum Gasteiger partial charge on any atom is -0.485 e. The van der Waals surface area contributed by atoms with Crippen molar-refractivity contribution < 1.29 is 18.8 Å². The van der Waals surface area contributed by atoms with Gasteiger partial charge in [-0.25, -0.2) is 4.39 Å². The van der Waals surface area contributed by atoms with Gasteiger partial charge in [0.05, 0.1) is 9.95 Å². The van der Waals surface area contributed by atoms with Gasteiger partial charge in [0, 0.05) is 23.8 Å². The number of nitro groups is 1. The number of hydrogen-bond acceptors (Lipinski definition) is 4. The number of rotatable bonds is 5. The van der Waals surface area contributed by atoms with E-state index in [4.69, 9.17) is 16.3 Å². The quantitative estimate of drug-likeness (QED) is 0.480. The summed E-state index contributed by atoms with van der Waals surface area (Å²) in [6, 6.07) is 9.09. The Morgan fingerprint density at radius 1 is 1.29 bits per heavy atom. The normalized spacial score (nSPS) is 10.2. The maximum Gasteiger partial charge on any atom is 0.270 e. The zero-order valence-corrected chi connectivity index (χ0v) is 11.3. The molecule has 7 heteroatoms. The molecule has 0 unspecified atom stereocenters. The number of benzene rings is 2. The van der Waals surface area contributed by atoms with Crippen molar-refractivity contribution in [2.24, 2.45) is 0 Å². The molecule has 0 N–H and O–H groups in total. The molecule has 0 amide bonds. The summed E-state index contributed by atoms with van der Waals surface area (Å²) in [4.78, 5) is 21.9. The SMILES string of the molecule is O=C(COc1ccc(Cl)c(F)c1)c1cccc([N+](=O)[O-])c1. The first-order valence-electron chi connectivity index (χ1n) is 5.83. The first-order chi connectivity index (χ1) is 9.97. The number of non-ortho nitro benzene ring substituents is 1. The van der Waals surface area contributed by atoms with Gasteiger partial charge in [-0.3, -0.25) is 14.9 Å². The number of carbonyl (C=O) groups excluding carboxylic acids is 1. The van der Waals surface area contributed by atoms with Gasteiger partial charge in [-0.15, -0.1) is 0 Å². The van der Waals surface area contributed by atoms with Crippen LogP contribution in [0.1, 0.15) is 10.4 Å². The molecule has 0 bridgehead atoms. The Balaban J connectivity index is 2.06. The van der Waals surface area contributed by atoms with E-state index in [0.29, 0.717) is 0 Å². The number of nitrogens with zero attached hydrogens (tertiary/aromatic N) is 1. The average molecular weight is 310 g/mol. The fraction of sp³-hybridized carbons (Fsp3) is 0.0714. The number of hydrogen-bond donors (Lipinski definition) is 0. The van der Waals surface area contributed by atoms with Gasteiger partial charge in [-0.1, -0.05) is 23.7 Å². The van der Waals surface area contributed by atoms with Gasteiger partial charge in [-0.2, -0.15) is 0 Å². The summed E-state index contributed by atoms with van der Waals surface area (Å²) in [5, 5.41) is 10.6. The Labute approximate surface area is 124 Å². The number of halogens is 2. The number of Topliss-reactive ketones (excluding diaryl/α,β-unsaturated/α-hetero) is 1. The molecule has 0 spiro atoms. The second-order valence-corrected chi connectivity index (χ2v) is 4.50. The Bertz CT molecular complexity index is 705. The molecule has 108 valence electrons. The molecule has 0 aliphatic heterocycles. The van der Waals surface area contributed by atoms with Crippen LogP contribution in [0.25, 0.3) is 0 Å². The van der Waals surface area contributed by atoms with E-state index in [1.807, 2.05) is 0 Å². The Morgan fingerprint density at radius 3 is 2.71 bits per heavy atom. The van der Waals surface area contributed by atoms with Crippen molar-refractivity contribution in [3.63, 3.8) is 0 Å². The Morgan fingerprint density at radius 2 is 2.05 bits per heavy atom. The standard InChI is InChI=1S/C14H9ClFNO4/c15-12-5-4-11(7-13(12)16)21-8-14(18)9-2-1-3-10(6-9)17(19)20/h1-7H,8H2. The lowest BCUT2D eigenvalue weighted by molar-refractivity contribution is -0.384. The second-order valence-electron chi connectivity index (χ2n) is 4.10. The summed E-state index contributed by atoms with van der Waals surface area (Å²) < 4.78 is 18.3. The number of ether oxygens (including phenoxy) is 1. The second kappa shape index (κ2) is 6.32. The van der Waals surface area contributed by atoms with E-state index in [1.54, 1.807) is 0 Å². The topological polar surface area (TPSA) is 69.4 Å². The van der Waals surface area contributed by atoms with Crippen molar-refractivity contribution in [1.29, 1.82) is 0 Å². The van der Waals surface area contributed by atoms with Crippen LogP contribution in [0.15, 0.2) is 42.5 Å². The highest BCUT2D eigenvalue weighted by Gasteiger charge is 2.12. The number of nitro benzene ring substituents is 1. The lowest BCUT2D eigenvalue weighted by Crippen LogP contribution is -2.11. The summed E-state index contributed by atoms with van der Waals surface area (Å²) in [6.45, 7) is -0.359. The minimum atomic E-state index is -0.656. The molecule has 2 aromatic carbocycles. The van der Waals surface area contributed by atoms with Gasteiger partial charge in [0.15, 0.2) is 12.4 Å². The van der Waals surface area contributed by atoms with Crippen molar-refractivity contribution in [2.75, 3.05) is 6.61 Å². The van der Waals surface area contributed by atoms with Gasteiger partial charge in [0.25, 0.3) is 5.69 Å². The fourth-order valence-electron chi connectivity index (χ4n) is 1.59. The number of ketones is 1. The van der Waals surface area contributed by atoms with Crippen LogP contribution in [0.4, 0.5) is 10.1 Å². The van der Waals surface area contributed by atoms with Crippen LogP contribution in [0.3, 0.4) is 0 Å². The predicted octanol–water partition coefficient (Wildman–Crippen LogP) is 3.65. The molecule has 2 rings (SSSR count). The molecule has 2 aromatic rings. The first-order valence-corrected chi connectivity index (χ1v) is 6.20. The van der Waals surface area contributed by atoms with Crippen LogP contribution in [-0.4, -0.2) is 17.3 Å². The summed E-state index contributed by atoms with van der Waals surface area (Å²) in [5.74, 6) is -0.957. The molecule has 0 saturated carbocycles. The third-order valence-electron chi connectivity index (χ3n) is 2.64. The van der Waals surface area contributed by atoms with Gasteiger partial charge >= 0.3 is 0 Å². The highest BCUT2D eigenvalue weighted by molar-refractivity contribution is 6.30. The zero-order valence-electron chi connectivity index (χ0n) is 10.6. The minimum absolute atomic E-state index is 0.0487. The van der Waals surface area contributed by atoms with Crippen molar-refractivity contribution in [1.82, 2.24) is 0 Å². The molecule has 0 saturated heterocycles. The lowest BCUT2D eigenvalue weighted by Gasteiger charge is -2.06. The number of carbonyl (C=O) groups is 1. The van der Waals surface area contributed by atoms with Gasteiger partial charge < -0.3 is 4.74 Å². The van der Waals surface area contributed by atoms with E-state index in [0.717, 1.165) is 12.1 Å². The van der Waals surface area contributed by atoms with Crippen molar-refractivity contribution in [2.45, 2.75) is 0 Å².